The van der Waals surface area contributed by atoms with Gasteiger partial charge >= 0.3 is 6.03 Å². The van der Waals surface area contributed by atoms with Crippen molar-refractivity contribution < 1.29 is 13.9 Å². The van der Waals surface area contributed by atoms with E-state index in [2.05, 4.69) is 10.2 Å². The van der Waals surface area contributed by atoms with Gasteiger partial charge in [0.25, 0.3) is 0 Å². The van der Waals surface area contributed by atoms with Gasteiger partial charge in [0.05, 0.1) is 23.3 Å². The van der Waals surface area contributed by atoms with Crippen LogP contribution in [0.1, 0.15) is 24.8 Å². The van der Waals surface area contributed by atoms with E-state index in [1.807, 2.05) is 6.07 Å². The van der Waals surface area contributed by atoms with E-state index < -0.39 is 0 Å². The molecule has 0 radical (unpaired) electrons. The highest BCUT2D eigenvalue weighted by Crippen LogP contribution is 2.36. The Hall–Kier alpha value is -1.37. The number of nitrogens with zero attached hydrogens (tertiary/aromatic N) is 2. The Morgan fingerprint density at radius 3 is 2.80 bits per heavy atom. The fraction of sp³-hybridized carbons (Fsp3) is 0.611. The first kappa shape index (κ1) is 18.4. The molecule has 0 aliphatic carbocycles. The summed E-state index contributed by atoms with van der Waals surface area (Å²) in [4.78, 5) is 15.6. The van der Waals surface area contributed by atoms with Gasteiger partial charge in [-0.15, -0.1) is 0 Å². The van der Waals surface area contributed by atoms with Crippen LogP contribution in [-0.2, 0) is 11.3 Å². The summed E-state index contributed by atoms with van der Waals surface area (Å²) in [5.41, 5.74) is 0.799. The largest absolute Gasteiger partial charge is 0.373 e. The normalized spacial score (nSPS) is 23.0. The number of amides is 2. The minimum Gasteiger partial charge on any atom is -0.373 e. The van der Waals surface area contributed by atoms with E-state index in [-0.39, 0.29) is 28.5 Å². The van der Waals surface area contributed by atoms with Gasteiger partial charge in [0.2, 0.25) is 0 Å². The lowest BCUT2D eigenvalue weighted by Crippen LogP contribution is -2.45. The standard InChI is InChI=1S/C18H25ClFN3O2/c1-22(2)17(24)21-14-10-18(25-12-14)5-7-23(8-6-18)11-13-3-4-15(19)16(20)9-13/h3-4,9,14H,5-8,10-12H2,1-2H3,(H,21,24)/t14-/m1/s1. The van der Waals surface area contributed by atoms with E-state index in [9.17, 15) is 9.18 Å². The van der Waals surface area contributed by atoms with Gasteiger partial charge in [0.15, 0.2) is 0 Å². The zero-order chi connectivity index (χ0) is 18.0. The lowest BCUT2D eigenvalue weighted by molar-refractivity contribution is -0.0449. The van der Waals surface area contributed by atoms with Crippen molar-refractivity contribution in [2.24, 2.45) is 0 Å². The molecule has 1 N–H and O–H groups in total. The average molecular weight is 370 g/mol. The zero-order valence-corrected chi connectivity index (χ0v) is 15.5. The van der Waals surface area contributed by atoms with Gasteiger partial charge in [-0.25, -0.2) is 9.18 Å². The average Bonchev–Trinajstić information content (AvgIpc) is 2.96. The third-order valence-electron chi connectivity index (χ3n) is 5.10. The number of ether oxygens (including phenoxy) is 1. The number of halogens is 2. The number of benzene rings is 1. The summed E-state index contributed by atoms with van der Waals surface area (Å²) in [6.07, 6.45) is 2.71. The monoisotopic (exact) mass is 369 g/mol. The zero-order valence-electron chi connectivity index (χ0n) is 14.7. The smallest absolute Gasteiger partial charge is 0.317 e. The summed E-state index contributed by atoms with van der Waals surface area (Å²) in [7, 11) is 3.47. The molecule has 2 amide bonds. The molecule has 1 spiro atoms. The lowest BCUT2D eigenvalue weighted by atomic mass is 9.87. The van der Waals surface area contributed by atoms with Crippen molar-refractivity contribution >= 4 is 17.6 Å². The Morgan fingerprint density at radius 1 is 1.44 bits per heavy atom. The number of carbonyl (C=O) groups excluding carboxylic acids is 1. The molecule has 1 aromatic carbocycles. The molecular formula is C18H25ClFN3O2. The predicted molar refractivity (Wildman–Crippen MR) is 95.2 cm³/mol. The van der Waals surface area contributed by atoms with Crippen LogP contribution in [0.2, 0.25) is 5.02 Å². The topological polar surface area (TPSA) is 44.8 Å². The maximum Gasteiger partial charge on any atom is 0.317 e. The van der Waals surface area contributed by atoms with E-state index in [1.54, 1.807) is 25.1 Å². The first-order chi connectivity index (χ1) is 11.9. The highest BCUT2D eigenvalue weighted by atomic mass is 35.5. The molecule has 138 valence electrons. The van der Waals surface area contributed by atoms with Gasteiger partial charge in [-0.1, -0.05) is 17.7 Å². The Labute approximate surface area is 153 Å². The number of rotatable bonds is 3. The van der Waals surface area contributed by atoms with Crippen LogP contribution in [0.4, 0.5) is 9.18 Å². The summed E-state index contributed by atoms with van der Waals surface area (Å²) in [6.45, 7) is 3.09. The Kier molecular flexibility index (Phi) is 5.51. The Morgan fingerprint density at radius 2 is 2.16 bits per heavy atom. The fourth-order valence-electron chi connectivity index (χ4n) is 3.60. The number of likely N-dealkylation sites (tertiary alicyclic amines) is 1. The first-order valence-electron chi connectivity index (χ1n) is 8.65. The van der Waals surface area contributed by atoms with Crippen LogP contribution in [0.25, 0.3) is 0 Å². The number of piperidine rings is 1. The summed E-state index contributed by atoms with van der Waals surface area (Å²) in [5.74, 6) is -0.369. The lowest BCUT2D eigenvalue weighted by Gasteiger charge is -2.38. The van der Waals surface area contributed by atoms with E-state index in [0.717, 1.165) is 37.9 Å². The molecule has 0 bridgehead atoms. The second-order valence-corrected chi connectivity index (χ2v) is 7.67. The van der Waals surface area contributed by atoms with Gasteiger partial charge in [0.1, 0.15) is 5.82 Å². The van der Waals surface area contributed by atoms with Crippen LogP contribution >= 0.6 is 11.6 Å². The molecule has 2 heterocycles. The van der Waals surface area contributed by atoms with Crippen LogP contribution in [0.5, 0.6) is 0 Å². The second-order valence-electron chi connectivity index (χ2n) is 7.26. The van der Waals surface area contributed by atoms with Crippen molar-refractivity contribution in [1.82, 2.24) is 15.1 Å². The van der Waals surface area contributed by atoms with Gasteiger partial charge in [-0.3, -0.25) is 4.90 Å². The van der Waals surface area contributed by atoms with Crippen molar-refractivity contribution in [2.45, 2.75) is 37.5 Å². The predicted octanol–water partition coefficient (Wildman–Crippen LogP) is 2.87. The second kappa shape index (κ2) is 7.48. The molecule has 0 aromatic heterocycles. The number of hydrogen-bond acceptors (Lipinski definition) is 3. The van der Waals surface area contributed by atoms with Crippen molar-refractivity contribution in [2.75, 3.05) is 33.8 Å². The van der Waals surface area contributed by atoms with Crippen LogP contribution in [0.3, 0.4) is 0 Å². The fourth-order valence-corrected chi connectivity index (χ4v) is 3.72. The molecule has 25 heavy (non-hydrogen) atoms. The van der Waals surface area contributed by atoms with Gasteiger partial charge in [-0.05, 0) is 37.0 Å². The van der Waals surface area contributed by atoms with Crippen molar-refractivity contribution in [3.05, 3.63) is 34.6 Å². The third kappa shape index (κ3) is 4.43. The molecule has 2 saturated heterocycles. The van der Waals surface area contributed by atoms with Crippen LogP contribution in [0.15, 0.2) is 18.2 Å². The van der Waals surface area contributed by atoms with E-state index in [1.165, 1.54) is 6.07 Å². The highest BCUT2D eigenvalue weighted by molar-refractivity contribution is 6.30. The maximum absolute atomic E-state index is 13.6. The number of urea groups is 1. The molecular weight excluding hydrogens is 345 g/mol. The van der Waals surface area contributed by atoms with Crippen molar-refractivity contribution in [1.29, 1.82) is 0 Å². The quantitative estimate of drug-likeness (QED) is 0.891. The molecule has 0 saturated carbocycles. The molecule has 2 aliphatic heterocycles. The third-order valence-corrected chi connectivity index (χ3v) is 5.41. The van der Waals surface area contributed by atoms with E-state index in [4.69, 9.17) is 16.3 Å². The van der Waals surface area contributed by atoms with Gasteiger partial charge in [-0.2, -0.15) is 0 Å². The van der Waals surface area contributed by atoms with Crippen LogP contribution < -0.4 is 5.32 Å². The van der Waals surface area contributed by atoms with Gasteiger partial charge < -0.3 is 15.0 Å². The molecule has 7 heteroatoms. The molecule has 1 atom stereocenters. The molecule has 0 unspecified atom stereocenters. The van der Waals surface area contributed by atoms with Crippen molar-refractivity contribution in [3.63, 3.8) is 0 Å². The first-order valence-corrected chi connectivity index (χ1v) is 9.03. The highest BCUT2D eigenvalue weighted by Gasteiger charge is 2.43. The molecule has 3 rings (SSSR count). The minimum atomic E-state index is -0.369. The van der Waals surface area contributed by atoms with Crippen LogP contribution in [0, 0.1) is 5.82 Å². The molecule has 1 aromatic rings. The Bertz CT molecular complexity index is 633. The summed E-state index contributed by atoms with van der Waals surface area (Å²) in [5, 5.41) is 3.17. The number of carbonyl (C=O) groups is 1. The van der Waals surface area contributed by atoms with Crippen molar-refractivity contribution in [3.8, 4) is 0 Å². The maximum atomic E-state index is 13.6. The number of nitrogens with one attached hydrogen (secondary N) is 1. The summed E-state index contributed by atoms with van der Waals surface area (Å²) < 4.78 is 19.6. The SMILES string of the molecule is CN(C)C(=O)N[C@H]1COC2(CCN(Cc3ccc(Cl)c(F)c3)CC2)C1. The Balaban J connectivity index is 1.50. The van der Waals surface area contributed by atoms with Crippen LogP contribution in [-0.4, -0.2) is 61.3 Å². The van der Waals surface area contributed by atoms with E-state index in [0.29, 0.717) is 13.2 Å². The summed E-state index contributed by atoms with van der Waals surface area (Å²) in [6, 6.07) is 4.98. The van der Waals surface area contributed by atoms with Gasteiger partial charge in [0, 0.05) is 33.7 Å². The molecule has 2 fully saturated rings. The molecule has 5 nitrogen and oxygen atoms in total. The summed E-state index contributed by atoms with van der Waals surface area (Å²) >= 11 is 5.74. The molecule has 2 aliphatic rings. The number of hydrogen-bond donors (Lipinski definition) is 1. The van der Waals surface area contributed by atoms with E-state index >= 15 is 0 Å². The minimum absolute atomic E-state index is 0.0758.